The summed E-state index contributed by atoms with van der Waals surface area (Å²) in [6, 6.07) is 10.9. The summed E-state index contributed by atoms with van der Waals surface area (Å²) in [6.07, 6.45) is 3.42. The van der Waals surface area contributed by atoms with E-state index in [4.69, 9.17) is 9.84 Å². The van der Waals surface area contributed by atoms with Gasteiger partial charge in [0.05, 0.1) is 6.42 Å². The van der Waals surface area contributed by atoms with Crippen molar-refractivity contribution in [3.8, 4) is 5.75 Å². The van der Waals surface area contributed by atoms with Crippen LogP contribution in [-0.2, 0) is 17.8 Å². The van der Waals surface area contributed by atoms with Crippen LogP contribution in [0.2, 0.25) is 0 Å². The van der Waals surface area contributed by atoms with Gasteiger partial charge >= 0.3 is 5.97 Å². The SMILES string of the molecule is O=C(O)Cc1cccc(OCc2ccncc2)c1. The Morgan fingerprint density at radius 3 is 2.67 bits per heavy atom. The summed E-state index contributed by atoms with van der Waals surface area (Å²) >= 11 is 0. The van der Waals surface area contributed by atoms with Gasteiger partial charge in [-0.3, -0.25) is 9.78 Å². The maximum atomic E-state index is 10.6. The number of hydrogen-bond donors (Lipinski definition) is 1. The first-order valence-electron chi connectivity index (χ1n) is 5.56. The number of benzene rings is 1. The first kappa shape index (κ1) is 12.1. The van der Waals surface area contributed by atoms with Gasteiger partial charge in [0.2, 0.25) is 0 Å². The predicted octanol–water partition coefficient (Wildman–Crippen LogP) is 2.29. The van der Waals surface area contributed by atoms with Crippen LogP contribution in [0.4, 0.5) is 0 Å². The van der Waals surface area contributed by atoms with Crippen LogP contribution in [0.15, 0.2) is 48.8 Å². The molecule has 1 aromatic heterocycles. The number of nitrogens with zero attached hydrogens (tertiary/aromatic N) is 1. The first-order valence-corrected chi connectivity index (χ1v) is 5.56. The zero-order chi connectivity index (χ0) is 12.8. The number of aliphatic carboxylic acids is 1. The number of carbonyl (C=O) groups is 1. The molecule has 4 heteroatoms. The Balaban J connectivity index is 1.99. The highest BCUT2D eigenvalue weighted by molar-refractivity contribution is 5.70. The number of aromatic nitrogens is 1. The Kier molecular flexibility index (Phi) is 3.91. The molecule has 18 heavy (non-hydrogen) atoms. The van der Waals surface area contributed by atoms with Gasteiger partial charge in [0.15, 0.2) is 0 Å². The van der Waals surface area contributed by atoms with Gasteiger partial charge in [-0.1, -0.05) is 12.1 Å². The minimum Gasteiger partial charge on any atom is -0.489 e. The lowest BCUT2D eigenvalue weighted by Gasteiger charge is -2.07. The van der Waals surface area contributed by atoms with E-state index < -0.39 is 5.97 Å². The molecule has 0 bridgehead atoms. The Hall–Kier alpha value is -2.36. The number of carboxylic acid groups (broad SMARTS) is 1. The number of ether oxygens (including phenoxy) is 1. The first-order chi connectivity index (χ1) is 8.74. The van der Waals surface area contributed by atoms with Gasteiger partial charge in [0.25, 0.3) is 0 Å². The summed E-state index contributed by atoms with van der Waals surface area (Å²) in [5.41, 5.74) is 1.75. The smallest absolute Gasteiger partial charge is 0.307 e. The summed E-state index contributed by atoms with van der Waals surface area (Å²) in [5, 5.41) is 8.72. The number of hydrogen-bond acceptors (Lipinski definition) is 3. The van der Waals surface area contributed by atoms with E-state index in [1.54, 1.807) is 30.6 Å². The van der Waals surface area contributed by atoms with Gasteiger partial charge in [0, 0.05) is 12.4 Å². The van der Waals surface area contributed by atoms with Gasteiger partial charge in [-0.2, -0.15) is 0 Å². The third-order valence-electron chi connectivity index (χ3n) is 2.41. The summed E-state index contributed by atoms with van der Waals surface area (Å²) in [5.74, 6) is -0.174. The van der Waals surface area contributed by atoms with Crippen molar-refractivity contribution in [1.29, 1.82) is 0 Å². The highest BCUT2D eigenvalue weighted by Gasteiger charge is 2.02. The fourth-order valence-corrected chi connectivity index (χ4v) is 1.57. The highest BCUT2D eigenvalue weighted by Crippen LogP contribution is 2.15. The topological polar surface area (TPSA) is 59.4 Å². The second-order valence-electron chi connectivity index (χ2n) is 3.86. The minimum absolute atomic E-state index is 0.00641. The van der Waals surface area contributed by atoms with Crippen LogP contribution < -0.4 is 4.74 Å². The fourth-order valence-electron chi connectivity index (χ4n) is 1.57. The zero-order valence-corrected chi connectivity index (χ0v) is 9.74. The highest BCUT2D eigenvalue weighted by atomic mass is 16.5. The molecule has 0 aliphatic carbocycles. The normalized spacial score (nSPS) is 10.0. The van der Waals surface area contributed by atoms with Crippen LogP contribution in [0.1, 0.15) is 11.1 Å². The number of rotatable bonds is 5. The molecule has 4 nitrogen and oxygen atoms in total. The maximum absolute atomic E-state index is 10.6. The Morgan fingerprint density at radius 2 is 1.94 bits per heavy atom. The van der Waals surface area contributed by atoms with Gasteiger partial charge in [-0.05, 0) is 35.4 Å². The lowest BCUT2D eigenvalue weighted by atomic mass is 10.1. The van der Waals surface area contributed by atoms with Gasteiger partial charge in [-0.25, -0.2) is 0 Å². The molecule has 2 rings (SSSR count). The molecule has 0 saturated carbocycles. The van der Waals surface area contributed by atoms with Crippen LogP contribution in [0.25, 0.3) is 0 Å². The molecule has 0 atom stereocenters. The average molecular weight is 243 g/mol. The molecule has 0 amide bonds. The maximum Gasteiger partial charge on any atom is 0.307 e. The number of pyridine rings is 1. The summed E-state index contributed by atoms with van der Waals surface area (Å²) in [6.45, 7) is 0.443. The minimum atomic E-state index is -0.846. The van der Waals surface area contributed by atoms with E-state index >= 15 is 0 Å². The van der Waals surface area contributed by atoms with Crippen LogP contribution in [0.5, 0.6) is 5.75 Å². The third kappa shape index (κ3) is 3.59. The van der Waals surface area contributed by atoms with E-state index in [0.717, 1.165) is 11.1 Å². The quantitative estimate of drug-likeness (QED) is 0.875. The molecule has 1 aromatic carbocycles. The second-order valence-corrected chi connectivity index (χ2v) is 3.86. The molecule has 0 fully saturated rings. The van der Waals surface area contributed by atoms with E-state index in [1.807, 2.05) is 18.2 Å². The van der Waals surface area contributed by atoms with E-state index in [2.05, 4.69) is 4.98 Å². The van der Waals surface area contributed by atoms with E-state index in [9.17, 15) is 4.79 Å². The van der Waals surface area contributed by atoms with Crippen molar-refractivity contribution < 1.29 is 14.6 Å². The molecule has 1 N–H and O–H groups in total. The van der Waals surface area contributed by atoms with E-state index in [-0.39, 0.29) is 6.42 Å². The molecule has 0 unspecified atom stereocenters. The van der Waals surface area contributed by atoms with Crippen molar-refractivity contribution in [3.63, 3.8) is 0 Å². The molecule has 0 aliphatic heterocycles. The van der Waals surface area contributed by atoms with E-state index in [0.29, 0.717) is 12.4 Å². The largest absolute Gasteiger partial charge is 0.489 e. The Morgan fingerprint density at radius 1 is 1.17 bits per heavy atom. The van der Waals surface area contributed by atoms with Crippen LogP contribution in [-0.4, -0.2) is 16.1 Å². The zero-order valence-electron chi connectivity index (χ0n) is 9.74. The monoisotopic (exact) mass is 243 g/mol. The summed E-state index contributed by atoms with van der Waals surface area (Å²) in [4.78, 5) is 14.5. The van der Waals surface area contributed by atoms with Crippen molar-refractivity contribution >= 4 is 5.97 Å². The average Bonchev–Trinajstić information content (AvgIpc) is 2.37. The molecule has 0 aliphatic rings. The van der Waals surface area contributed by atoms with Crippen molar-refractivity contribution in [2.24, 2.45) is 0 Å². The molecule has 0 saturated heterocycles. The summed E-state index contributed by atoms with van der Waals surface area (Å²) < 4.78 is 5.59. The second kappa shape index (κ2) is 5.82. The lowest BCUT2D eigenvalue weighted by molar-refractivity contribution is -0.136. The van der Waals surface area contributed by atoms with Crippen LogP contribution >= 0.6 is 0 Å². The Labute approximate surface area is 105 Å². The molecule has 92 valence electrons. The van der Waals surface area contributed by atoms with Crippen molar-refractivity contribution in [2.75, 3.05) is 0 Å². The Bertz CT molecular complexity index is 526. The molecular formula is C14H13NO3. The summed E-state index contributed by atoms with van der Waals surface area (Å²) in [7, 11) is 0. The van der Waals surface area contributed by atoms with Gasteiger partial charge < -0.3 is 9.84 Å². The van der Waals surface area contributed by atoms with Crippen LogP contribution in [0.3, 0.4) is 0 Å². The van der Waals surface area contributed by atoms with Gasteiger partial charge in [-0.15, -0.1) is 0 Å². The van der Waals surface area contributed by atoms with Crippen molar-refractivity contribution in [2.45, 2.75) is 13.0 Å². The predicted molar refractivity (Wildman–Crippen MR) is 66.4 cm³/mol. The van der Waals surface area contributed by atoms with Crippen molar-refractivity contribution in [3.05, 3.63) is 59.9 Å². The fraction of sp³-hybridized carbons (Fsp3) is 0.143. The molecule has 2 aromatic rings. The molecule has 0 spiro atoms. The van der Waals surface area contributed by atoms with Crippen LogP contribution in [0, 0.1) is 0 Å². The molecular weight excluding hydrogens is 230 g/mol. The standard InChI is InChI=1S/C14H13NO3/c16-14(17)9-12-2-1-3-13(8-12)18-10-11-4-6-15-7-5-11/h1-8H,9-10H2,(H,16,17). The molecule has 0 radical (unpaired) electrons. The lowest BCUT2D eigenvalue weighted by Crippen LogP contribution is -2.01. The molecule has 1 heterocycles. The van der Waals surface area contributed by atoms with Gasteiger partial charge in [0.1, 0.15) is 12.4 Å². The third-order valence-corrected chi connectivity index (χ3v) is 2.41. The number of carboxylic acids is 1. The van der Waals surface area contributed by atoms with E-state index in [1.165, 1.54) is 0 Å². The van der Waals surface area contributed by atoms with Crippen molar-refractivity contribution in [1.82, 2.24) is 4.98 Å².